The van der Waals surface area contributed by atoms with Crippen LogP contribution in [-0.2, 0) is 11.5 Å². The minimum atomic E-state index is -1.75. The summed E-state index contributed by atoms with van der Waals surface area (Å²) >= 11 is 0. The highest BCUT2D eigenvalue weighted by molar-refractivity contribution is 6.74. The van der Waals surface area contributed by atoms with Gasteiger partial charge in [-0.05, 0) is 30.6 Å². The Morgan fingerprint density at radius 1 is 1.33 bits per heavy atom. The van der Waals surface area contributed by atoms with E-state index >= 15 is 0 Å². The molecule has 3 heterocycles. The molecule has 6 nitrogen and oxygen atoms in total. The quantitative estimate of drug-likeness (QED) is 0.864. The van der Waals surface area contributed by atoms with E-state index in [1.807, 2.05) is 19.3 Å². The molecule has 2 aromatic rings. The van der Waals surface area contributed by atoms with Crippen LogP contribution in [0.1, 0.15) is 27.2 Å². The highest BCUT2D eigenvalue weighted by Crippen LogP contribution is 2.39. The van der Waals surface area contributed by atoms with Gasteiger partial charge in [-0.2, -0.15) is 5.10 Å². The van der Waals surface area contributed by atoms with Gasteiger partial charge in [0.25, 0.3) is 0 Å². The molecule has 0 amide bonds. The molecule has 7 heteroatoms. The van der Waals surface area contributed by atoms with Crippen molar-refractivity contribution >= 4 is 30.9 Å². The van der Waals surface area contributed by atoms with Crippen LogP contribution in [0, 0.1) is 0 Å². The summed E-state index contributed by atoms with van der Waals surface area (Å²) in [6.07, 6.45) is 3.22. The van der Waals surface area contributed by atoms with Crippen molar-refractivity contribution in [2.24, 2.45) is 7.05 Å². The van der Waals surface area contributed by atoms with E-state index in [0.717, 1.165) is 36.4 Å². The second-order valence-corrected chi connectivity index (χ2v) is 13.1. The summed E-state index contributed by atoms with van der Waals surface area (Å²) in [7, 11) is 0.151. The number of rotatable bonds is 3. The number of aryl methyl sites for hydroxylation is 1. The van der Waals surface area contributed by atoms with Gasteiger partial charge in [0.15, 0.2) is 19.8 Å². The van der Waals surface area contributed by atoms with E-state index in [2.05, 4.69) is 48.8 Å². The van der Waals surface area contributed by atoms with E-state index in [1.54, 1.807) is 4.68 Å². The lowest BCUT2D eigenvalue weighted by Gasteiger charge is -2.38. The van der Waals surface area contributed by atoms with Crippen molar-refractivity contribution in [2.75, 3.05) is 23.7 Å². The second kappa shape index (κ2) is 5.74. The number of pyridine rings is 1. The Hall–Kier alpha value is -1.60. The van der Waals surface area contributed by atoms with Crippen LogP contribution < -0.4 is 10.6 Å². The number of hydrogen-bond donors (Lipinski definition) is 1. The van der Waals surface area contributed by atoms with Crippen LogP contribution in [0.4, 0.5) is 11.5 Å². The lowest BCUT2D eigenvalue weighted by atomic mass is 10.2. The standard InChI is InChI=1S/C17H29N5OSi/c1-17(2,3)24(5,6)23-13-7-8-22(11-13)16-14(18)9-12-10-21(4)20-15(12)19-16/h9-10,13H,7-8,11,18H2,1-6H3/t13-/m0/s1. The maximum atomic E-state index is 6.56. The van der Waals surface area contributed by atoms with Gasteiger partial charge in [-0.25, -0.2) is 4.98 Å². The van der Waals surface area contributed by atoms with Gasteiger partial charge in [-0.1, -0.05) is 20.8 Å². The third kappa shape index (κ3) is 3.15. The van der Waals surface area contributed by atoms with Crippen LogP contribution in [0.3, 0.4) is 0 Å². The summed E-state index contributed by atoms with van der Waals surface area (Å²) in [5.41, 5.74) is 7.70. The fourth-order valence-electron chi connectivity index (χ4n) is 2.94. The van der Waals surface area contributed by atoms with Crippen LogP contribution >= 0.6 is 0 Å². The summed E-state index contributed by atoms with van der Waals surface area (Å²) in [5, 5.41) is 5.60. The second-order valence-electron chi connectivity index (χ2n) is 8.35. The molecule has 24 heavy (non-hydrogen) atoms. The van der Waals surface area contributed by atoms with Crippen molar-refractivity contribution in [1.29, 1.82) is 0 Å². The Morgan fingerprint density at radius 3 is 2.71 bits per heavy atom. The molecule has 0 spiro atoms. The van der Waals surface area contributed by atoms with Crippen molar-refractivity contribution in [3.8, 4) is 0 Å². The molecule has 0 unspecified atom stereocenters. The van der Waals surface area contributed by atoms with Crippen LogP contribution in [0.2, 0.25) is 18.1 Å². The fraction of sp³-hybridized carbons (Fsp3) is 0.647. The molecule has 2 N–H and O–H groups in total. The van der Waals surface area contributed by atoms with E-state index in [9.17, 15) is 0 Å². The Labute approximate surface area is 145 Å². The van der Waals surface area contributed by atoms with Crippen molar-refractivity contribution in [3.63, 3.8) is 0 Å². The average Bonchev–Trinajstić information content (AvgIpc) is 3.01. The van der Waals surface area contributed by atoms with E-state index in [0.29, 0.717) is 5.69 Å². The maximum Gasteiger partial charge on any atom is 0.192 e. The number of nitrogen functional groups attached to an aromatic ring is 1. The third-order valence-corrected chi connectivity index (χ3v) is 9.86. The van der Waals surface area contributed by atoms with Crippen molar-refractivity contribution in [2.45, 2.75) is 51.4 Å². The third-order valence-electron chi connectivity index (χ3n) is 5.33. The SMILES string of the molecule is Cn1cc2cc(N)c(N3CC[C@H](O[Si](C)(C)C(C)(C)C)C3)nc2n1. The van der Waals surface area contributed by atoms with Crippen molar-refractivity contribution in [3.05, 3.63) is 12.3 Å². The molecule has 0 radical (unpaired) electrons. The first kappa shape index (κ1) is 17.2. The van der Waals surface area contributed by atoms with Gasteiger partial charge in [0.05, 0.1) is 11.8 Å². The zero-order chi connectivity index (χ0) is 17.7. The largest absolute Gasteiger partial charge is 0.412 e. The summed E-state index contributed by atoms with van der Waals surface area (Å²) in [5.74, 6) is 0.836. The van der Waals surface area contributed by atoms with Gasteiger partial charge in [0.1, 0.15) is 0 Å². The molecule has 0 aromatic carbocycles. The van der Waals surface area contributed by atoms with Crippen molar-refractivity contribution < 1.29 is 4.43 Å². The fourth-order valence-corrected chi connectivity index (χ4v) is 4.32. The molecule has 0 saturated carbocycles. The smallest absolute Gasteiger partial charge is 0.192 e. The van der Waals surface area contributed by atoms with Crippen LogP contribution in [0.15, 0.2) is 12.3 Å². The molecule has 1 saturated heterocycles. The van der Waals surface area contributed by atoms with Gasteiger partial charge in [-0.3, -0.25) is 4.68 Å². The first-order chi connectivity index (χ1) is 11.1. The molecule has 1 aliphatic rings. The van der Waals surface area contributed by atoms with E-state index in [4.69, 9.17) is 10.2 Å². The minimum absolute atomic E-state index is 0.227. The Bertz CT molecular complexity index is 749. The lowest BCUT2D eigenvalue weighted by molar-refractivity contribution is 0.202. The first-order valence-electron chi connectivity index (χ1n) is 8.59. The first-order valence-corrected chi connectivity index (χ1v) is 11.5. The molecule has 3 rings (SSSR count). The van der Waals surface area contributed by atoms with E-state index in [-0.39, 0.29) is 11.1 Å². The number of nitrogens with zero attached hydrogens (tertiary/aromatic N) is 4. The summed E-state index contributed by atoms with van der Waals surface area (Å²) in [4.78, 5) is 6.92. The molecule has 0 aliphatic carbocycles. The van der Waals surface area contributed by atoms with Gasteiger partial charge < -0.3 is 15.1 Å². The van der Waals surface area contributed by atoms with Gasteiger partial charge in [-0.15, -0.1) is 0 Å². The van der Waals surface area contributed by atoms with E-state index in [1.165, 1.54) is 0 Å². The number of fused-ring (bicyclic) bond motifs is 1. The minimum Gasteiger partial charge on any atom is -0.412 e. The molecule has 1 fully saturated rings. The highest BCUT2D eigenvalue weighted by atomic mass is 28.4. The zero-order valence-electron chi connectivity index (χ0n) is 15.6. The monoisotopic (exact) mass is 347 g/mol. The molecule has 1 atom stereocenters. The molecule has 1 aliphatic heterocycles. The van der Waals surface area contributed by atoms with Gasteiger partial charge in [0, 0.05) is 31.7 Å². The predicted octanol–water partition coefficient (Wildman–Crippen LogP) is 3.15. The molecule has 132 valence electrons. The maximum absolute atomic E-state index is 6.56. The van der Waals surface area contributed by atoms with Gasteiger partial charge >= 0.3 is 0 Å². The molecule has 0 bridgehead atoms. The average molecular weight is 348 g/mol. The highest BCUT2D eigenvalue weighted by Gasteiger charge is 2.40. The molecule has 2 aromatic heterocycles. The summed E-state index contributed by atoms with van der Waals surface area (Å²) in [6.45, 7) is 13.2. The number of nitrogens with two attached hydrogens (primary N) is 1. The van der Waals surface area contributed by atoms with Crippen LogP contribution in [0.5, 0.6) is 0 Å². The van der Waals surface area contributed by atoms with Gasteiger partial charge in [0.2, 0.25) is 0 Å². The Balaban J connectivity index is 1.77. The Morgan fingerprint density at radius 2 is 2.04 bits per heavy atom. The topological polar surface area (TPSA) is 69.2 Å². The summed E-state index contributed by atoms with van der Waals surface area (Å²) < 4.78 is 8.33. The normalized spacial score (nSPS) is 19.4. The number of hydrogen-bond acceptors (Lipinski definition) is 5. The Kier molecular flexibility index (Phi) is 4.12. The van der Waals surface area contributed by atoms with Crippen molar-refractivity contribution in [1.82, 2.24) is 14.8 Å². The molecular formula is C17H29N5OSi. The number of anilines is 2. The van der Waals surface area contributed by atoms with Crippen LogP contribution in [-0.4, -0.2) is 42.3 Å². The summed E-state index contributed by atoms with van der Waals surface area (Å²) in [6, 6.07) is 1.96. The number of aromatic nitrogens is 3. The van der Waals surface area contributed by atoms with Crippen LogP contribution in [0.25, 0.3) is 11.0 Å². The lowest BCUT2D eigenvalue weighted by Crippen LogP contribution is -2.44. The predicted molar refractivity (Wildman–Crippen MR) is 102 cm³/mol. The zero-order valence-corrected chi connectivity index (χ0v) is 16.6. The molecular weight excluding hydrogens is 318 g/mol. The van der Waals surface area contributed by atoms with E-state index < -0.39 is 8.32 Å².